The molecule has 0 saturated carbocycles. The highest BCUT2D eigenvalue weighted by Crippen LogP contribution is 2.20. The van der Waals surface area contributed by atoms with Crippen molar-refractivity contribution < 1.29 is 13.9 Å². The SMILES string of the molecule is COCCC(OC)c1ccc(F)cc1. The number of hydrogen-bond donors (Lipinski definition) is 0. The van der Waals surface area contributed by atoms with E-state index in [1.54, 1.807) is 26.4 Å². The highest BCUT2D eigenvalue weighted by molar-refractivity contribution is 5.18. The van der Waals surface area contributed by atoms with E-state index in [4.69, 9.17) is 9.47 Å². The van der Waals surface area contributed by atoms with Crippen LogP contribution in [0.4, 0.5) is 4.39 Å². The molecule has 0 aliphatic carbocycles. The Balaban J connectivity index is 2.64. The smallest absolute Gasteiger partial charge is 0.123 e. The molecule has 0 spiro atoms. The lowest BCUT2D eigenvalue weighted by Crippen LogP contribution is -2.04. The summed E-state index contributed by atoms with van der Waals surface area (Å²) in [6, 6.07) is 6.35. The quantitative estimate of drug-likeness (QED) is 0.723. The van der Waals surface area contributed by atoms with E-state index in [-0.39, 0.29) is 11.9 Å². The van der Waals surface area contributed by atoms with Crippen molar-refractivity contribution in [3.8, 4) is 0 Å². The Bertz CT molecular complexity index is 258. The second-order valence-corrected chi connectivity index (χ2v) is 3.06. The molecule has 2 nitrogen and oxygen atoms in total. The summed E-state index contributed by atoms with van der Waals surface area (Å²) in [5.74, 6) is -0.227. The number of ether oxygens (including phenoxy) is 2. The van der Waals surface area contributed by atoms with E-state index in [9.17, 15) is 4.39 Å². The number of halogens is 1. The summed E-state index contributed by atoms with van der Waals surface area (Å²) in [4.78, 5) is 0. The van der Waals surface area contributed by atoms with Gasteiger partial charge in [-0.25, -0.2) is 4.39 Å². The van der Waals surface area contributed by atoms with Crippen LogP contribution in [-0.2, 0) is 9.47 Å². The zero-order valence-electron chi connectivity index (χ0n) is 8.50. The van der Waals surface area contributed by atoms with Crippen LogP contribution in [-0.4, -0.2) is 20.8 Å². The summed E-state index contributed by atoms with van der Waals surface area (Å²) in [6.07, 6.45) is 0.758. The molecule has 1 unspecified atom stereocenters. The first-order valence-electron chi connectivity index (χ1n) is 4.55. The van der Waals surface area contributed by atoms with Crippen LogP contribution in [0.1, 0.15) is 18.1 Å². The molecule has 0 aliphatic rings. The fraction of sp³-hybridized carbons (Fsp3) is 0.455. The normalized spacial score (nSPS) is 12.8. The van der Waals surface area contributed by atoms with Gasteiger partial charge in [-0.05, 0) is 17.7 Å². The van der Waals surface area contributed by atoms with Crippen molar-refractivity contribution in [3.63, 3.8) is 0 Å². The standard InChI is InChI=1S/C11H15FO2/c1-13-8-7-11(14-2)9-3-5-10(12)6-4-9/h3-6,11H,7-8H2,1-2H3. The zero-order valence-corrected chi connectivity index (χ0v) is 8.50. The van der Waals surface area contributed by atoms with Crippen molar-refractivity contribution in [2.45, 2.75) is 12.5 Å². The molecule has 0 fully saturated rings. The van der Waals surface area contributed by atoms with Gasteiger partial charge in [-0.3, -0.25) is 0 Å². The Morgan fingerprint density at radius 3 is 2.36 bits per heavy atom. The van der Waals surface area contributed by atoms with Gasteiger partial charge in [0.25, 0.3) is 0 Å². The molecule has 0 amide bonds. The maximum absolute atomic E-state index is 12.6. The molecule has 0 bridgehead atoms. The third kappa shape index (κ3) is 3.09. The van der Waals surface area contributed by atoms with Gasteiger partial charge < -0.3 is 9.47 Å². The van der Waals surface area contributed by atoms with Crippen molar-refractivity contribution >= 4 is 0 Å². The molecule has 0 heterocycles. The van der Waals surface area contributed by atoms with Crippen LogP contribution < -0.4 is 0 Å². The number of rotatable bonds is 5. The molecule has 0 aromatic heterocycles. The fourth-order valence-corrected chi connectivity index (χ4v) is 1.32. The van der Waals surface area contributed by atoms with Crippen molar-refractivity contribution in [2.24, 2.45) is 0 Å². The minimum absolute atomic E-state index is 0.0180. The first-order chi connectivity index (χ1) is 6.77. The molecule has 1 atom stereocenters. The van der Waals surface area contributed by atoms with Crippen LogP contribution in [0.15, 0.2) is 24.3 Å². The second kappa shape index (κ2) is 5.73. The van der Waals surface area contributed by atoms with Gasteiger partial charge in [0.05, 0.1) is 6.10 Å². The van der Waals surface area contributed by atoms with Crippen LogP contribution >= 0.6 is 0 Å². The fourth-order valence-electron chi connectivity index (χ4n) is 1.32. The van der Waals surface area contributed by atoms with Gasteiger partial charge in [0.2, 0.25) is 0 Å². The van der Waals surface area contributed by atoms with E-state index in [0.717, 1.165) is 12.0 Å². The molecule has 1 aromatic carbocycles. The van der Waals surface area contributed by atoms with E-state index in [0.29, 0.717) is 6.61 Å². The summed E-state index contributed by atoms with van der Waals surface area (Å²) in [6.45, 7) is 0.635. The summed E-state index contributed by atoms with van der Waals surface area (Å²) in [7, 11) is 3.29. The second-order valence-electron chi connectivity index (χ2n) is 3.06. The lowest BCUT2D eigenvalue weighted by atomic mass is 10.1. The Morgan fingerprint density at radius 2 is 1.86 bits per heavy atom. The van der Waals surface area contributed by atoms with Gasteiger partial charge in [-0.1, -0.05) is 12.1 Å². The van der Waals surface area contributed by atoms with Gasteiger partial charge in [0, 0.05) is 27.2 Å². The molecule has 0 aliphatic heterocycles. The molecule has 0 radical (unpaired) electrons. The highest BCUT2D eigenvalue weighted by atomic mass is 19.1. The number of hydrogen-bond acceptors (Lipinski definition) is 2. The van der Waals surface area contributed by atoms with Crippen molar-refractivity contribution in [3.05, 3.63) is 35.6 Å². The average molecular weight is 198 g/mol. The molecule has 0 N–H and O–H groups in total. The van der Waals surface area contributed by atoms with Crippen molar-refractivity contribution in [1.82, 2.24) is 0 Å². The molecule has 78 valence electrons. The summed E-state index contributed by atoms with van der Waals surface area (Å²) in [5, 5.41) is 0. The summed E-state index contributed by atoms with van der Waals surface area (Å²) >= 11 is 0. The topological polar surface area (TPSA) is 18.5 Å². The minimum Gasteiger partial charge on any atom is -0.385 e. The third-order valence-electron chi connectivity index (χ3n) is 2.11. The predicted molar refractivity (Wildman–Crippen MR) is 52.6 cm³/mol. The largest absolute Gasteiger partial charge is 0.385 e. The van der Waals surface area contributed by atoms with E-state index in [1.807, 2.05) is 0 Å². The lowest BCUT2D eigenvalue weighted by Gasteiger charge is -2.14. The van der Waals surface area contributed by atoms with E-state index in [2.05, 4.69) is 0 Å². The van der Waals surface area contributed by atoms with Crippen LogP contribution in [0.3, 0.4) is 0 Å². The molecule has 3 heteroatoms. The van der Waals surface area contributed by atoms with Gasteiger partial charge in [0.15, 0.2) is 0 Å². The Hall–Kier alpha value is -0.930. The van der Waals surface area contributed by atoms with E-state index < -0.39 is 0 Å². The van der Waals surface area contributed by atoms with Crippen LogP contribution in [0.25, 0.3) is 0 Å². The lowest BCUT2D eigenvalue weighted by molar-refractivity contribution is 0.0661. The maximum Gasteiger partial charge on any atom is 0.123 e. The maximum atomic E-state index is 12.6. The van der Waals surface area contributed by atoms with Crippen LogP contribution in [0, 0.1) is 5.82 Å². The Morgan fingerprint density at radius 1 is 1.21 bits per heavy atom. The molecule has 0 saturated heterocycles. The molecular formula is C11H15FO2. The molecule has 14 heavy (non-hydrogen) atoms. The average Bonchev–Trinajstić information content (AvgIpc) is 2.21. The molecule has 1 rings (SSSR count). The zero-order chi connectivity index (χ0) is 10.4. The third-order valence-corrected chi connectivity index (χ3v) is 2.11. The van der Waals surface area contributed by atoms with Crippen LogP contribution in [0.2, 0.25) is 0 Å². The van der Waals surface area contributed by atoms with Crippen LogP contribution in [0.5, 0.6) is 0 Å². The van der Waals surface area contributed by atoms with E-state index >= 15 is 0 Å². The number of benzene rings is 1. The van der Waals surface area contributed by atoms with Gasteiger partial charge in [0.1, 0.15) is 5.82 Å². The van der Waals surface area contributed by atoms with Gasteiger partial charge in [-0.2, -0.15) is 0 Å². The number of methoxy groups -OCH3 is 2. The Labute approximate surface area is 83.6 Å². The predicted octanol–water partition coefficient (Wildman–Crippen LogP) is 2.55. The van der Waals surface area contributed by atoms with Gasteiger partial charge in [-0.15, -0.1) is 0 Å². The molecular weight excluding hydrogens is 183 g/mol. The summed E-state index contributed by atoms with van der Waals surface area (Å²) in [5.41, 5.74) is 0.978. The minimum atomic E-state index is -0.227. The van der Waals surface area contributed by atoms with E-state index in [1.165, 1.54) is 12.1 Å². The first kappa shape index (κ1) is 11.1. The van der Waals surface area contributed by atoms with Gasteiger partial charge >= 0.3 is 0 Å². The molecule has 1 aromatic rings. The van der Waals surface area contributed by atoms with Crippen molar-refractivity contribution in [1.29, 1.82) is 0 Å². The summed E-state index contributed by atoms with van der Waals surface area (Å²) < 4.78 is 22.9. The Kier molecular flexibility index (Phi) is 4.56. The van der Waals surface area contributed by atoms with Crippen molar-refractivity contribution in [2.75, 3.05) is 20.8 Å². The first-order valence-corrected chi connectivity index (χ1v) is 4.55. The monoisotopic (exact) mass is 198 g/mol. The highest BCUT2D eigenvalue weighted by Gasteiger charge is 2.09.